The number of thioether (sulfide) groups is 1. The molecule has 3 saturated heterocycles. The summed E-state index contributed by atoms with van der Waals surface area (Å²) in [7, 11) is 0. The Morgan fingerprint density at radius 1 is 1.20 bits per heavy atom. The minimum atomic E-state index is -0.730. The Bertz CT molecular complexity index is 996. The largest absolute Gasteiger partial charge is 0.394 e. The molecule has 3 heterocycles. The fourth-order valence-electron chi connectivity index (χ4n) is 6.42. The predicted octanol–water partition coefficient (Wildman–Crippen LogP) is 3.43. The molecule has 0 radical (unpaired) electrons. The quantitative estimate of drug-likeness (QED) is 0.532. The van der Waals surface area contributed by atoms with E-state index in [0.29, 0.717) is 12.1 Å². The first-order valence-corrected chi connectivity index (χ1v) is 13.5. The SMILES string of the molecule is CC[C@H](C)[C@H](CO)N1C(=O)[C@@H]2[C@@H](C(=O)Nc3ccccc3)[C@@]3(C)CCC2(S3)C1C(=O)NC(C)(C)C. The van der Waals surface area contributed by atoms with Crippen LogP contribution in [0, 0.1) is 17.8 Å². The van der Waals surface area contributed by atoms with Crippen molar-refractivity contribution in [3.63, 3.8) is 0 Å². The van der Waals surface area contributed by atoms with Gasteiger partial charge in [-0.3, -0.25) is 14.4 Å². The van der Waals surface area contributed by atoms with Crippen molar-refractivity contribution in [3.05, 3.63) is 30.3 Å². The van der Waals surface area contributed by atoms with E-state index in [0.717, 1.165) is 12.8 Å². The molecule has 8 heteroatoms. The molecule has 2 unspecified atom stereocenters. The Balaban J connectivity index is 1.78. The third-order valence-corrected chi connectivity index (χ3v) is 10.1. The number of nitrogens with zero attached hydrogens (tertiary/aromatic N) is 1. The maximum Gasteiger partial charge on any atom is 0.244 e. The van der Waals surface area contributed by atoms with E-state index in [1.165, 1.54) is 0 Å². The average Bonchev–Trinajstić information content (AvgIpc) is 3.35. The van der Waals surface area contributed by atoms with Crippen LogP contribution < -0.4 is 10.6 Å². The van der Waals surface area contributed by atoms with E-state index in [1.807, 2.05) is 65.0 Å². The molecule has 35 heavy (non-hydrogen) atoms. The number of hydrogen-bond donors (Lipinski definition) is 3. The van der Waals surface area contributed by atoms with E-state index in [2.05, 4.69) is 17.6 Å². The fraction of sp³-hybridized carbons (Fsp3) is 0.667. The van der Waals surface area contributed by atoms with Crippen molar-refractivity contribution in [1.82, 2.24) is 10.2 Å². The van der Waals surface area contributed by atoms with Gasteiger partial charge in [0.25, 0.3) is 0 Å². The van der Waals surface area contributed by atoms with Crippen LogP contribution in [-0.4, -0.2) is 61.5 Å². The number of para-hydroxylation sites is 1. The molecule has 4 rings (SSSR count). The van der Waals surface area contributed by atoms with Crippen molar-refractivity contribution in [2.24, 2.45) is 17.8 Å². The molecule has 1 spiro atoms. The van der Waals surface area contributed by atoms with Gasteiger partial charge in [-0.05, 0) is 58.6 Å². The highest BCUT2D eigenvalue weighted by Gasteiger charge is 2.77. The highest BCUT2D eigenvalue weighted by atomic mass is 32.2. The van der Waals surface area contributed by atoms with Gasteiger partial charge in [0.05, 0.1) is 29.2 Å². The van der Waals surface area contributed by atoms with Gasteiger partial charge in [0.1, 0.15) is 6.04 Å². The van der Waals surface area contributed by atoms with Crippen LogP contribution in [0.3, 0.4) is 0 Å². The summed E-state index contributed by atoms with van der Waals surface area (Å²) in [6, 6.07) is 8.08. The first-order chi connectivity index (χ1) is 16.4. The molecule has 0 aromatic heterocycles. The number of carbonyl (C=O) groups is 3. The molecule has 7 atom stereocenters. The number of nitrogens with one attached hydrogen (secondary N) is 2. The van der Waals surface area contributed by atoms with Gasteiger partial charge in [-0.1, -0.05) is 38.5 Å². The van der Waals surface area contributed by atoms with Gasteiger partial charge >= 0.3 is 0 Å². The summed E-state index contributed by atoms with van der Waals surface area (Å²) in [5.74, 6) is -1.70. The second kappa shape index (κ2) is 9.11. The number of benzene rings is 1. The lowest BCUT2D eigenvalue weighted by Gasteiger charge is -2.40. The van der Waals surface area contributed by atoms with Crippen LogP contribution in [0.25, 0.3) is 0 Å². The molecule has 3 aliphatic heterocycles. The monoisotopic (exact) mass is 501 g/mol. The van der Waals surface area contributed by atoms with Crippen molar-refractivity contribution >= 4 is 35.2 Å². The zero-order valence-corrected chi connectivity index (χ0v) is 22.4. The summed E-state index contributed by atoms with van der Waals surface area (Å²) in [6.45, 7) is 11.7. The lowest BCUT2D eigenvalue weighted by atomic mass is 9.66. The van der Waals surface area contributed by atoms with Crippen LogP contribution in [-0.2, 0) is 14.4 Å². The Hall–Kier alpha value is -2.06. The van der Waals surface area contributed by atoms with Gasteiger partial charge in [0.2, 0.25) is 17.7 Å². The Kier molecular flexibility index (Phi) is 6.77. The van der Waals surface area contributed by atoms with Crippen molar-refractivity contribution in [2.45, 2.75) is 87.9 Å². The standard InChI is InChI=1S/C27H39N3O4S/c1-7-16(2)18(15-31)30-21(23(33)29-25(3,4)5)27-14-13-26(6,35-27)19(20(27)24(30)34)22(32)28-17-11-9-8-10-12-17/h8-12,16,18-21,31H,7,13-15H2,1-6H3,(H,28,32)(H,29,33)/t16-,18-,19-,20-,21?,26+,27?/m0/s1. The van der Waals surface area contributed by atoms with Gasteiger partial charge in [-0.2, -0.15) is 0 Å². The number of fused-ring (bicyclic) bond motifs is 1. The summed E-state index contributed by atoms with van der Waals surface area (Å²) in [4.78, 5) is 43.4. The first kappa shape index (κ1) is 26.0. The lowest BCUT2D eigenvalue weighted by Crippen LogP contribution is -2.60. The zero-order chi connectivity index (χ0) is 25.8. The molecule has 1 aromatic carbocycles. The van der Waals surface area contributed by atoms with Gasteiger partial charge in [-0.25, -0.2) is 0 Å². The maximum atomic E-state index is 14.2. The van der Waals surface area contributed by atoms with Crippen LogP contribution in [0.2, 0.25) is 0 Å². The van der Waals surface area contributed by atoms with Gasteiger partial charge in [0.15, 0.2) is 0 Å². The number of likely N-dealkylation sites (tertiary alicyclic amines) is 1. The van der Waals surface area contributed by atoms with Crippen LogP contribution in [0.1, 0.15) is 60.8 Å². The summed E-state index contributed by atoms with van der Waals surface area (Å²) in [5.41, 5.74) is 0.223. The van der Waals surface area contributed by atoms with E-state index in [1.54, 1.807) is 16.7 Å². The second-order valence-electron chi connectivity index (χ2n) is 11.7. The molecule has 7 nitrogen and oxygen atoms in total. The third kappa shape index (κ3) is 4.26. The number of aliphatic hydroxyl groups excluding tert-OH is 1. The number of anilines is 1. The van der Waals surface area contributed by atoms with E-state index in [9.17, 15) is 19.5 Å². The Morgan fingerprint density at radius 2 is 1.86 bits per heavy atom. The molecular weight excluding hydrogens is 462 g/mol. The maximum absolute atomic E-state index is 14.2. The molecule has 3 aliphatic rings. The topological polar surface area (TPSA) is 98.7 Å². The second-order valence-corrected chi connectivity index (χ2v) is 13.6. The summed E-state index contributed by atoms with van der Waals surface area (Å²) >= 11 is 1.65. The van der Waals surface area contributed by atoms with Crippen molar-refractivity contribution < 1.29 is 19.5 Å². The Labute approximate surface area is 212 Å². The summed E-state index contributed by atoms with van der Waals surface area (Å²) in [6.07, 6.45) is 2.22. The van der Waals surface area contributed by atoms with E-state index in [-0.39, 0.29) is 30.2 Å². The van der Waals surface area contributed by atoms with Gasteiger partial charge in [0, 0.05) is 16.0 Å². The smallest absolute Gasteiger partial charge is 0.244 e. The normalized spacial score (nSPS) is 33.4. The summed E-state index contributed by atoms with van der Waals surface area (Å²) in [5, 5.41) is 16.5. The fourth-order valence-corrected chi connectivity index (χ4v) is 8.76. The molecule has 1 aromatic rings. The molecular formula is C27H39N3O4S. The minimum absolute atomic E-state index is 0.0125. The highest BCUT2D eigenvalue weighted by Crippen LogP contribution is 2.71. The molecule has 2 bridgehead atoms. The summed E-state index contributed by atoms with van der Waals surface area (Å²) < 4.78 is -1.13. The lowest BCUT2D eigenvalue weighted by molar-refractivity contribution is -0.144. The number of hydrogen-bond acceptors (Lipinski definition) is 5. The van der Waals surface area contributed by atoms with Gasteiger partial charge in [-0.15, -0.1) is 11.8 Å². The molecule has 3 N–H and O–H groups in total. The molecule has 192 valence electrons. The first-order valence-electron chi connectivity index (χ1n) is 12.7. The van der Waals surface area contributed by atoms with Crippen molar-refractivity contribution in [1.29, 1.82) is 0 Å². The van der Waals surface area contributed by atoms with Crippen molar-refractivity contribution in [3.8, 4) is 0 Å². The third-order valence-electron chi connectivity index (χ3n) is 8.13. The van der Waals surface area contributed by atoms with Crippen LogP contribution >= 0.6 is 11.8 Å². The molecule has 3 amide bonds. The van der Waals surface area contributed by atoms with Crippen molar-refractivity contribution in [2.75, 3.05) is 11.9 Å². The van der Waals surface area contributed by atoms with Crippen LogP contribution in [0.5, 0.6) is 0 Å². The van der Waals surface area contributed by atoms with Crippen LogP contribution in [0.15, 0.2) is 30.3 Å². The number of carbonyl (C=O) groups excluding carboxylic acids is 3. The zero-order valence-electron chi connectivity index (χ0n) is 21.6. The molecule has 0 saturated carbocycles. The minimum Gasteiger partial charge on any atom is -0.394 e. The van der Waals surface area contributed by atoms with E-state index >= 15 is 0 Å². The number of rotatable bonds is 7. The highest BCUT2D eigenvalue weighted by molar-refractivity contribution is 8.02. The van der Waals surface area contributed by atoms with E-state index in [4.69, 9.17) is 0 Å². The predicted molar refractivity (Wildman–Crippen MR) is 139 cm³/mol. The average molecular weight is 502 g/mol. The van der Waals surface area contributed by atoms with E-state index < -0.39 is 39.0 Å². The molecule has 3 fully saturated rings. The number of amides is 3. The number of aliphatic hydroxyl groups is 1. The Morgan fingerprint density at radius 3 is 2.43 bits per heavy atom. The van der Waals surface area contributed by atoms with Gasteiger partial charge < -0.3 is 20.6 Å². The van der Waals surface area contributed by atoms with Crippen LogP contribution in [0.4, 0.5) is 5.69 Å². The molecule has 0 aliphatic carbocycles.